The van der Waals surface area contributed by atoms with Crippen LogP contribution in [0.15, 0.2) is 35.9 Å². The highest BCUT2D eigenvalue weighted by atomic mass is 16.6. The number of allylic oxidation sites excluding steroid dienone is 1. The van der Waals surface area contributed by atoms with Crippen molar-refractivity contribution in [2.24, 2.45) is 44.3 Å². The number of fused-ring (bicyclic) bond motifs is 5. The molecule has 10 atom stereocenters. The highest BCUT2D eigenvalue weighted by molar-refractivity contribution is 5.87. The van der Waals surface area contributed by atoms with Gasteiger partial charge in [-0.05, 0) is 121 Å². The zero-order valence-corrected chi connectivity index (χ0v) is 28.9. The minimum absolute atomic E-state index is 0.0120. The molecular weight excluding hydrogens is 580 g/mol. The number of phenolic OH excluding ortho intramolecular Hbond substituents is 1. The quantitative estimate of drug-likeness (QED) is 0.159. The number of carbonyl (C=O) groups is 1. The van der Waals surface area contributed by atoms with E-state index in [2.05, 4.69) is 40.7 Å². The maximum atomic E-state index is 13.1. The van der Waals surface area contributed by atoms with Crippen molar-refractivity contribution in [3.05, 3.63) is 41.5 Å². The van der Waals surface area contributed by atoms with E-state index < -0.39 is 29.7 Å². The van der Waals surface area contributed by atoms with Crippen LogP contribution in [-0.4, -0.2) is 58.4 Å². The molecule has 0 heterocycles. The summed E-state index contributed by atoms with van der Waals surface area (Å²) in [4.78, 5) is 13.1. The summed E-state index contributed by atoms with van der Waals surface area (Å²) in [6.45, 7) is 13.6. The smallest absolute Gasteiger partial charge is 0.331 e. The SMILES string of the molecule is COc1cc(/C=C/C(=O)O[C@H]2[C@H](O)C[C@@]3(C)[C@@H](CC[C@]4(C)[C@@H]3CC=C3[C@@H](O)[C@@]5(CCC(C)(C)C5)CC[C@]34C)[C@]2(C)CO)ccc1O. The van der Waals surface area contributed by atoms with E-state index in [1.54, 1.807) is 18.2 Å². The summed E-state index contributed by atoms with van der Waals surface area (Å²) in [5.41, 5.74) is 0.858. The fraction of sp³-hybridized carbons (Fsp3) is 0.718. The Labute approximate surface area is 275 Å². The Morgan fingerprint density at radius 1 is 1.00 bits per heavy atom. The zero-order valence-electron chi connectivity index (χ0n) is 28.9. The molecule has 1 aromatic carbocycles. The third kappa shape index (κ3) is 4.81. The van der Waals surface area contributed by atoms with Gasteiger partial charge in [0.15, 0.2) is 11.5 Å². The molecule has 7 heteroatoms. The highest BCUT2D eigenvalue weighted by Crippen LogP contribution is 2.75. The monoisotopic (exact) mass is 636 g/mol. The molecule has 4 N–H and O–H groups in total. The lowest BCUT2D eigenvalue weighted by Crippen LogP contribution is -2.68. The lowest BCUT2D eigenvalue weighted by atomic mass is 9.34. The number of aliphatic hydroxyl groups is 3. The highest BCUT2D eigenvalue weighted by Gasteiger charge is 2.70. The van der Waals surface area contributed by atoms with Crippen LogP contribution in [0, 0.1) is 44.3 Å². The number of aromatic hydroxyl groups is 1. The summed E-state index contributed by atoms with van der Waals surface area (Å²) in [7, 11) is 1.46. The Balaban J connectivity index is 1.26. The molecular formula is C39H56O7. The number of aliphatic hydroxyl groups excluding tert-OH is 3. The van der Waals surface area contributed by atoms with Gasteiger partial charge in [0.25, 0.3) is 0 Å². The van der Waals surface area contributed by atoms with Crippen molar-refractivity contribution in [1.29, 1.82) is 0 Å². The van der Waals surface area contributed by atoms with Crippen LogP contribution < -0.4 is 4.74 Å². The van der Waals surface area contributed by atoms with Crippen molar-refractivity contribution in [2.45, 2.75) is 118 Å². The van der Waals surface area contributed by atoms with Gasteiger partial charge in [-0.15, -0.1) is 0 Å². The van der Waals surface area contributed by atoms with Crippen LogP contribution in [0.25, 0.3) is 6.08 Å². The average Bonchev–Trinajstić information content (AvgIpc) is 3.32. The van der Waals surface area contributed by atoms with Crippen LogP contribution in [0.1, 0.15) is 105 Å². The normalized spacial score (nSPS) is 44.7. The van der Waals surface area contributed by atoms with E-state index in [4.69, 9.17) is 9.47 Å². The topological polar surface area (TPSA) is 116 Å². The van der Waals surface area contributed by atoms with Crippen LogP contribution >= 0.6 is 0 Å². The van der Waals surface area contributed by atoms with Gasteiger partial charge in [-0.3, -0.25) is 0 Å². The van der Waals surface area contributed by atoms with E-state index in [1.807, 2.05) is 6.92 Å². The van der Waals surface area contributed by atoms with E-state index in [0.717, 1.165) is 44.9 Å². The van der Waals surface area contributed by atoms with Crippen LogP contribution in [0.3, 0.4) is 0 Å². The van der Waals surface area contributed by atoms with Crippen molar-refractivity contribution in [3.63, 3.8) is 0 Å². The number of ether oxygens (including phenoxy) is 2. The van der Waals surface area contributed by atoms with Gasteiger partial charge in [-0.2, -0.15) is 0 Å². The lowest BCUT2D eigenvalue weighted by molar-refractivity contribution is -0.249. The summed E-state index contributed by atoms with van der Waals surface area (Å²) < 4.78 is 11.2. The molecule has 5 aliphatic carbocycles. The summed E-state index contributed by atoms with van der Waals surface area (Å²) >= 11 is 0. The second kappa shape index (κ2) is 11.1. The second-order valence-electron chi connectivity index (χ2n) is 17.5. The Kier molecular flexibility index (Phi) is 8.09. The Morgan fingerprint density at radius 2 is 1.72 bits per heavy atom. The number of benzene rings is 1. The van der Waals surface area contributed by atoms with Crippen molar-refractivity contribution in [3.8, 4) is 11.5 Å². The third-order valence-electron chi connectivity index (χ3n) is 14.6. The van der Waals surface area contributed by atoms with E-state index in [0.29, 0.717) is 17.7 Å². The van der Waals surface area contributed by atoms with Crippen molar-refractivity contribution in [2.75, 3.05) is 13.7 Å². The molecule has 0 unspecified atom stereocenters. The first-order valence-electron chi connectivity index (χ1n) is 17.4. The Bertz CT molecular complexity index is 1430. The van der Waals surface area contributed by atoms with E-state index >= 15 is 0 Å². The van der Waals surface area contributed by atoms with Crippen LogP contribution in [0.5, 0.6) is 11.5 Å². The predicted molar refractivity (Wildman–Crippen MR) is 178 cm³/mol. The van der Waals surface area contributed by atoms with Gasteiger partial charge >= 0.3 is 5.97 Å². The average molecular weight is 637 g/mol. The standard InChI is InChI=1S/C39H56O7/c1-34(2)16-18-39(22-34)19-17-37(5)25(32(39)44)10-12-30-35(3)21-27(42)33(36(4,23-40)29(35)14-15-38(30,37)6)46-31(43)13-9-24-8-11-26(41)28(20-24)45-7/h8-11,13,20,27,29-30,32-33,40-42,44H,12,14-19,21-23H2,1-7H3/b13-9+/t27-,29-,30-,32-,33+,35+,36+,37-,38-,39+/m1/s1. The number of carbonyl (C=O) groups excluding carboxylic acids is 1. The molecule has 0 bridgehead atoms. The van der Waals surface area contributed by atoms with Crippen LogP contribution in [0.2, 0.25) is 0 Å². The fourth-order valence-electron chi connectivity index (χ4n) is 12.0. The van der Waals surface area contributed by atoms with Gasteiger partial charge in [-0.1, -0.05) is 53.7 Å². The molecule has 4 fully saturated rings. The molecule has 0 radical (unpaired) electrons. The molecule has 0 aliphatic heterocycles. The minimum Gasteiger partial charge on any atom is -0.504 e. The second-order valence-corrected chi connectivity index (χ2v) is 17.5. The molecule has 0 aromatic heterocycles. The fourth-order valence-corrected chi connectivity index (χ4v) is 12.0. The number of methoxy groups -OCH3 is 1. The number of esters is 1. The van der Waals surface area contributed by atoms with Gasteiger partial charge in [0.2, 0.25) is 0 Å². The first-order valence-corrected chi connectivity index (χ1v) is 17.4. The largest absolute Gasteiger partial charge is 0.504 e. The van der Waals surface area contributed by atoms with Gasteiger partial charge in [0, 0.05) is 16.9 Å². The van der Waals surface area contributed by atoms with Crippen LogP contribution in [0.4, 0.5) is 0 Å². The molecule has 46 heavy (non-hydrogen) atoms. The minimum atomic E-state index is -0.925. The van der Waals surface area contributed by atoms with Gasteiger partial charge < -0.3 is 29.9 Å². The number of rotatable bonds is 5. The molecule has 1 aromatic rings. The molecule has 4 saturated carbocycles. The number of hydrogen-bond acceptors (Lipinski definition) is 7. The van der Waals surface area contributed by atoms with Crippen molar-refractivity contribution >= 4 is 12.0 Å². The predicted octanol–water partition coefficient (Wildman–Crippen LogP) is 6.82. The molecule has 0 amide bonds. The van der Waals surface area contributed by atoms with Gasteiger partial charge in [0.05, 0.1) is 25.9 Å². The van der Waals surface area contributed by atoms with Gasteiger partial charge in [-0.25, -0.2) is 4.79 Å². The molecule has 254 valence electrons. The molecule has 0 saturated heterocycles. The third-order valence-corrected chi connectivity index (χ3v) is 14.6. The van der Waals surface area contributed by atoms with Crippen molar-refractivity contribution in [1.82, 2.24) is 0 Å². The summed E-state index contributed by atoms with van der Waals surface area (Å²) in [6, 6.07) is 4.80. The maximum absolute atomic E-state index is 13.1. The lowest BCUT2D eigenvalue weighted by Gasteiger charge is -2.71. The van der Waals surface area contributed by atoms with Crippen molar-refractivity contribution < 1.29 is 34.7 Å². The van der Waals surface area contributed by atoms with E-state index in [1.165, 1.54) is 31.2 Å². The number of phenols is 1. The van der Waals surface area contributed by atoms with E-state index in [9.17, 15) is 25.2 Å². The van der Waals surface area contributed by atoms with Crippen LogP contribution in [-0.2, 0) is 9.53 Å². The zero-order chi connectivity index (χ0) is 33.5. The first kappa shape index (κ1) is 33.5. The van der Waals surface area contributed by atoms with E-state index in [-0.39, 0.29) is 51.3 Å². The maximum Gasteiger partial charge on any atom is 0.331 e. The summed E-state index contributed by atoms with van der Waals surface area (Å²) in [5.74, 6) is 0.0351. The molecule has 5 aliphatic rings. The number of hydrogen-bond donors (Lipinski definition) is 4. The summed E-state index contributed by atoms with van der Waals surface area (Å²) in [6.07, 6.45) is 11.7. The molecule has 1 spiro atoms. The molecule has 7 nitrogen and oxygen atoms in total. The summed E-state index contributed by atoms with van der Waals surface area (Å²) in [5, 5.41) is 44.7. The Morgan fingerprint density at radius 3 is 2.37 bits per heavy atom. The Hall–Kier alpha value is -2.35. The first-order chi connectivity index (χ1) is 21.5. The molecule has 6 rings (SSSR count). The van der Waals surface area contributed by atoms with Gasteiger partial charge in [0.1, 0.15) is 6.10 Å².